The van der Waals surface area contributed by atoms with Gasteiger partial charge in [-0.3, -0.25) is 4.79 Å². The van der Waals surface area contributed by atoms with Crippen molar-refractivity contribution in [1.82, 2.24) is 0 Å². The molecule has 0 atom stereocenters. The van der Waals surface area contributed by atoms with Crippen LogP contribution in [0, 0.1) is 0 Å². The van der Waals surface area contributed by atoms with Gasteiger partial charge in [-0.05, 0) is 38.3 Å². The Kier molecular flexibility index (Phi) is 3.32. The van der Waals surface area contributed by atoms with Crippen LogP contribution < -0.4 is 0 Å². The van der Waals surface area contributed by atoms with Gasteiger partial charge in [-0.15, -0.1) is 0 Å². The van der Waals surface area contributed by atoms with Crippen LogP contribution in [0.3, 0.4) is 0 Å². The summed E-state index contributed by atoms with van der Waals surface area (Å²) in [6.45, 7) is 3.43. The molecule has 1 fully saturated rings. The first kappa shape index (κ1) is 13.3. The van der Waals surface area contributed by atoms with Crippen molar-refractivity contribution in [2.45, 2.75) is 37.4 Å². The number of aldehydes is 1. The highest BCUT2D eigenvalue weighted by atomic mass is 32.2. The Morgan fingerprint density at radius 2 is 2.00 bits per heavy atom. The molecule has 0 saturated heterocycles. The molecular formula is C14H18O3S. The maximum atomic E-state index is 12.0. The molecule has 0 aromatic heterocycles. The van der Waals surface area contributed by atoms with E-state index in [1.165, 1.54) is 0 Å². The number of benzene rings is 1. The van der Waals surface area contributed by atoms with Crippen LogP contribution in [0.1, 0.15) is 42.6 Å². The number of sulfone groups is 1. The molecule has 18 heavy (non-hydrogen) atoms. The molecule has 1 aliphatic rings. The zero-order valence-corrected chi connectivity index (χ0v) is 11.5. The lowest BCUT2D eigenvalue weighted by Crippen LogP contribution is -2.27. The van der Waals surface area contributed by atoms with Crippen LogP contribution in [-0.2, 0) is 15.3 Å². The van der Waals surface area contributed by atoms with Crippen molar-refractivity contribution in [2.24, 2.45) is 0 Å². The largest absolute Gasteiger partial charge is 0.298 e. The Hall–Kier alpha value is -1.16. The second kappa shape index (κ2) is 4.50. The molecule has 0 radical (unpaired) electrons. The summed E-state index contributed by atoms with van der Waals surface area (Å²) in [7, 11) is -3.05. The third-order valence-electron chi connectivity index (χ3n) is 3.68. The van der Waals surface area contributed by atoms with Gasteiger partial charge >= 0.3 is 0 Å². The van der Waals surface area contributed by atoms with E-state index < -0.39 is 9.84 Å². The summed E-state index contributed by atoms with van der Waals surface area (Å²) < 4.78 is 24.1. The highest BCUT2D eigenvalue weighted by Gasteiger charge is 2.48. The first-order valence-corrected chi connectivity index (χ1v) is 7.88. The number of rotatable bonds is 5. The predicted molar refractivity (Wildman–Crippen MR) is 71.7 cm³/mol. The van der Waals surface area contributed by atoms with E-state index in [9.17, 15) is 13.2 Å². The lowest BCUT2D eigenvalue weighted by molar-refractivity contribution is 0.112. The average Bonchev–Trinajstić information content (AvgIpc) is 3.09. The molecular weight excluding hydrogens is 248 g/mol. The van der Waals surface area contributed by atoms with E-state index in [-0.39, 0.29) is 16.4 Å². The quantitative estimate of drug-likeness (QED) is 0.769. The van der Waals surface area contributed by atoms with Gasteiger partial charge in [0, 0.05) is 11.0 Å². The van der Waals surface area contributed by atoms with Crippen molar-refractivity contribution < 1.29 is 13.2 Å². The van der Waals surface area contributed by atoms with Crippen molar-refractivity contribution in [3.05, 3.63) is 35.4 Å². The zero-order chi connectivity index (χ0) is 13.4. The van der Waals surface area contributed by atoms with E-state index in [0.29, 0.717) is 5.56 Å². The minimum absolute atomic E-state index is 0.194. The van der Waals surface area contributed by atoms with Crippen molar-refractivity contribution in [2.75, 3.05) is 5.75 Å². The molecule has 1 aliphatic carbocycles. The first-order valence-electron chi connectivity index (χ1n) is 6.17. The topological polar surface area (TPSA) is 51.2 Å². The average molecular weight is 266 g/mol. The van der Waals surface area contributed by atoms with Gasteiger partial charge < -0.3 is 0 Å². The number of hydrogen-bond donors (Lipinski definition) is 0. The third-order valence-corrected chi connectivity index (χ3v) is 6.08. The summed E-state index contributed by atoms with van der Waals surface area (Å²) >= 11 is 0. The molecule has 2 rings (SSSR count). The minimum Gasteiger partial charge on any atom is -0.298 e. The fraction of sp³-hybridized carbons (Fsp3) is 0.500. The number of carbonyl (C=O) groups is 1. The molecule has 0 unspecified atom stereocenters. The van der Waals surface area contributed by atoms with Crippen molar-refractivity contribution in [3.8, 4) is 0 Å². The van der Waals surface area contributed by atoms with E-state index in [4.69, 9.17) is 0 Å². The zero-order valence-electron chi connectivity index (χ0n) is 10.7. The van der Waals surface area contributed by atoms with E-state index in [1.54, 1.807) is 19.9 Å². The summed E-state index contributed by atoms with van der Waals surface area (Å²) in [6.07, 6.45) is 2.58. The number of hydrogen-bond acceptors (Lipinski definition) is 3. The molecule has 3 nitrogen and oxygen atoms in total. The van der Waals surface area contributed by atoms with Crippen LogP contribution in [0.25, 0.3) is 0 Å². The second-order valence-electron chi connectivity index (χ2n) is 5.38. The molecule has 0 spiro atoms. The van der Waals surface area contributed by atoms with E-state index >= 15 is 0 Å². The van der Waals surface area contributed by atoms with E-state index in [2.05, 4.69) is 0 Å². The molecule has 4 heteroatoms. The monoisotopic (exact) mass is 266 g/mol. The van der Waals surface area contributed by atoms with Gasteiger partial charge in [-0.2, -0.15) is 0 Å². The molecule has 0 bridgehead atoms. The molecule has 0 N–H and O–H groups in total. The van der Waals surface area contributed by atoms with Crippen LogP contribution in [0.15, 0.2) is 24.3 Å². The first-order chi connectivity index (χ1) is 8.39. The van der Waals surface area contributed by atoms with Gasteiger partial charge in [0.15, 0.2) is 9.84 Å². The Balaban J connectivity index is 2.29. The van der Waals surface area contributed by atoms with Gasteiger partial charge in [-0.25, -0.2) is 8.42 Å². The Bertz CT molecular complexity index is 554. The van der Waals surface area contributed by atoms with Gasteiger partial charge in [0.05, 0.1) is 11.0 Å². The van der Waals surface area contributed by atoms with Gasteiger partial charge in [0.2, 0.25) is 0 Å². The van der Waals surface area contributed by atoms with Gasteiger partial charge in [0.1, 0.15) is 6.29 Å². The smallest absolute Gasteiger partial charge is 0.153 e. The molecule has 98 valence electrons. The fourth-order valence-corrected chi connectivity index (χ4v) is 3.72. The van der Waals surface area contributed by atoms with Crippen LogP contribution in [0.5, 0.6) is 0 Å². The third kappa shape index (κ3) is 2.48. The van der Waals surface area contributed by atoms with Gasteiger partial charge in [0.25, 0.3) is 0 Å². The molecule has 1 aromatic carbocycles. The number of carbonyl (C=O) groups excluding carboxylic acids is 1. The minimum atomic E-state index is -3.05. The standard InChI is InChI=1S/C14H18O3S/c1-11(2)18(16,17)10-14(6-7-14)13-5-3-4-12(8-13)9-15/h3-5,8-9,11H,6-7,10H2,1-2H3. The Labute approximate surface area is 108 Å². The van der Waals surface area contributed by atoms with Crippen LogP contribution in [-0.4, -0.2) is 25.7 Å². The molecule has 0 amide bonds. The summed E-state index contributed by atoms with van der Waals surface area (Å²) in [5.41, 5.74) is 1.35. The van der Waals surface area contributed by atoms with Crippen LogP contribution in [0.4, 0.5) is 0 Å². The van der Waals surface area contributed by atoms with Crippen molar-refractivity contribution >= 4 is 16.1 Å². The summed E-state index contributed by atoms with van der Waals surface area (Å²) in [5.74, 6) is 0.194. The SMILES string of the molecule is CC(C)S(=O)(=O)CC1(c2cccc(C=O)c2)CC1. The van der Waals surface area contributed by atoms with Gasteiger partial charge in [-0.1, -0.05) is 18.2 Å². The van der Waals surface area contributed by atoms with Crippen molar-refractivity contribution in [3.63, 3.8) is 0 Å². The highest BCUT2D eigenvalue weighted by molar-refractivity contribution is 7.92. The maximum Gasteiger partial charge on any atom is 0.153 e. The van der Waals surface area contributed by atoms with E-state index in [1.807, 2.05) is 18.2 Å². The predicted octanol–water partition coefficient (Wildman–Crippen LogP) is 2.35. The summed E-state index contributed by atoms with van der Waals surface area (Å²) in [5, 5.41) is -0.343. The molecule has 1 saturated carbocycles. The van der Waals surface area contributed by atoms with Crippen LogP contribution in [0.2, 0.25) is 0 Å². The molecule has 0 heterocycles. The van der Waals surface area contributed by atoms with Crippen molar-refractivity contribution in [1.29, 1.82) is 0 Å². The molecule has 0 aliphatic heterocycles. The summed E-state index contributed by atoms with van der Waals surface area (Å²) in [4.78, 5) is 10.8. The van der Waals surface area contributed by atoms with E-state index in [0.717, 1.165) is 24.7 Å². The summed E-state index contributed by atoms with van der Waals surface area (Å²) in [6, 6.07) is 7.30. The second-order valence-corrected chi connectivity index (χ2v) is 7.94. The highest BCUT2D eigenvalue weighted by Crippen LogP contribution is 2.49. The lowest BCUT2D eigenvalue weighted by atomic mass is 9.96. The van der Waals surface area contributed by atoms with Crippen LogP contribution >= 0.6 is 0 Å². The lowest BCUT2D eigenvalue weighted by Gasteiger charge is -2.18. The Morgan fingerprint density at radius 1 is 1.33 bits per heavy atom. The maximum absolute atomic E-state index is 12.0. The normalized spacial score (nSPS) is 17.7. The fourth-order valence-electron chi connectivity index (χ4n) is 2.16. The Morgan fingerprint density at radius 3 is 2.50 bits per heavy atom. The molecule has 1 aromatic rings.